The molecule has 5 heteroatoms. The number of hydrogen-bond acceptors (Lipinski definition) is 3. The Bertz CT molecular complexity index is 653. The lowest BCUT2D eigenvalue weighted by atomic mass is 10.2. The summed E-state index contributed by atoms with van der Waals surface area (Å²) in [6.45, 7) is 6.22. The Labute approximate surface area is 131 Å². The normalized spacial score (nSPS) is 11.3. The molecule has 0 saturated carbocycles. The summed E-state index contributed by atoms with van der Waals surface area (Å²) in [6, 6.07) is 9.66. The fraction of sp³-hybridized carbons (Fsp3) is 0.471. The van der Waals surface area contributed by atoms with E-state index in [4.69, 9.17) is 0 Å². The van der Waals surface area contributed by atoms with Crippen molar-refractivity contribution in [1.29, 1.82) is 0 Å². The van der Waals surface area contributed by atoms with Gasteiger partial charge in [0.25, 0.3) is 5.56 Å². The summed E-state index contributed by atoms with van der Waals surface area (Å²) < 4.78 is 3.60. The highest BCUT2D eigenvalue weighted by molar-refractivity contribution is 5.33. The molecular formula is C17H25N3O2. The predicted molar refractivity (Wildman–Crippen MR) is 88.4 cm³/mol. The van der Waals surface area contributed by atoms with Crippen LogP contribution in [-0.2, 0) is 13.6 Å². The van der Waals surface area contributed by atoms with Crippen LogP contribution in [0.4, 0.5) is 0 Å². The fourth-order valence-corrected chi connectivity index (χ4v) is 2.76. The summed E-state index contributed by atoms with van der Waals surface area (Å²) in [5.74, 6) is 0. The van der Waals surface area contributed by atoms with E-state index in [1.54, 1.807) is 4.68 Å². The molecule has 0 aliphatic rings. The molecule has 0 amide bonds. The maximum Gasteiger partial charge on any atom is 0.276 e. The number of aliphatic hydroxyl groups is 1. The second-order valence-corrected chi connectivity index (χ2v) is 5.54. The van der Waals surface area contributed by atoms with E-state index in [0.717, 1.165) is 29.9 Å². The lowest BCUT2D eigenvalue weighted by Gasteiger charge is -2.19. The second kappa shape index (κ2) is 7.42. The minimum absolute atomic E-state index is 0.0187. The van der Waals surface area contributed by atoms with Crippen LogP contribution in [0.25, 0.3) is 5.69 Å². The largest absolute Gasteiger partial charge is 0.395 e. The lowest BCUT2D eigenvalue weighted by molar-refractivity contribution is 0.190. The van der Waals surface area contributed by atoms with Gasteiger partial charge >= 0.3 is 0 Å². The van der Waals surface area contributed by atoms with Crippen molar-refractivity contribution in [3.63, 3.8) is 0 Å². The van der Waals surface area contributed by atoms with E-state index in [1.807, 2.05) is 49.0 Å². The van der Waals surface area contributed by atoms with Crippen LogP contribution in [0.5, 0.6) is 0 Å². The standard InChI is InChI=1S/C17H25N3O2/c1-4-10-19(11-12-21)13-16-14(2)18(3)20(17(16)22)15-8-6-5-7-9-15/h5-9,21H,4,10-13H2,1-3H3. The average molecular weight is 303 g/mol. The van der Waals surface area contributed by atoms with E-state index in [2.05, 4.69) is 11.8 Å². The summed E-state index contributed by atoms with van der Waals surface area (Å²) in [5.41, 5.74) is 2.65. The maximum absolute atomic E-state index is 12.8. The zero-order valence-electron chi connectivity index (χ0n) is 13.6. The Kier molecular flexibility index (Phi) is 5.57. The molecular weight excluding hydrogens is 278 g/mol. The van der Waals surface area contributed by atoms with Gasteiger partial charge in [-0.25, -0.2) is 4.68 Å². The third-order valence-electron chi connectivity index (χ3n) is 4.01. The van der Waals surface area contributed by atoms with Crippen LogP contribution in [0.3, 0.4) is 0 Å². The lowest BCUT2D eigenvalue weighted by Crippen LogP contribution is -2.30. The van der Waals surface area contributed by atoms with Gasteiger partial charge in [0.2, 0.25) is 0 Å². The van der Waals surface area contributed by atoms with E-state index in [9.17, 15) is 9.90 Å². The van der Waals surface area contributed by atoms with Crippen molar-refractivity contribution in [3.8, 4) is 5.69 Å². The molecule has 120 valence electrons. The first kappa shape index (κ1) is 16.5. The van der Waals surface area contributed by atoms with Gasteiger partial charge in [-0.15, -0.1) is 0 Å². The smallest absolute Gasteiger partial charge is 0.276 e. The average Bonchev–Trinajstić information content (AvgIpc) is 2.72. The quantitative estimate of drug-likeness (QED) is 0.847. The van der Waals surface area contributed by atoms with E-state index in [1.165, 1.54) is 0 Å². The minimum atomic E-state index is 0.0187. The molecule has 0 aliphatic heterocycles. The van der Waals surface area contributed by atoms with Crippen molar-refractivity contribution in [3.05, 3.63) is 51.9 Å². The highest BCUT2D eigenvalue weighted by Gasteiger charge is 2.18. The number of aromatic nitrogens is 2. The van der Waals surface area contributed by atoms with Crippen LogP contribution in [0.2, 0.25) is 0 Å². The number of aliphatic hydroxyl groups excluding tert-OH is 1. The predicted octanol–water partition coefficient (Wildman–Crippen LogP) is 1.69. The molecule has 0 saturated heterocycles. The second-order valence-electron chi connectivity index (χ2n) is 5.54. The molecule has 1 aromatic carbocycles. The topological polar surface area (TPSA) is 50.4 Å². The molecule has 0 fully saturated rings. The molecule has 0 bridgehead atoms. The highest BCUT2D eigenvalue weighted by atomic mass is 16.3. The van der Waals surface area contributed by atoms with Crippen molar-refractivity contribution >= 4 is 0 Å². The molecule has 1 N–H and O–H groups in total. The van der Waals surface area contributed by atoms with Crippen molar-refractivity contribution in [2.45, 2.75) is 26.8 Å². The summed E-state index contributed by atoms with van der Waals surface area (Å²) in [5, 5.41) is 9.19. The number of benzene rings is 1. The molecule has 5 nitrogen and oxygen atoms in total. The zero-order valence-corrected chi connectivity index (χ0v) is 13.6. The van der Waals surface area contributed by atoms with Crippen molar-refractivity contribution in [2.24, 2.45) is 7.05 Å². The van der Waals surface area contributed by atoms with Gasteiger partial charge in [0.1, 0.15) is 0 Å². The zero-order chi connectivity index (χ0) is 16.1. The first-order chi connectivity index (χ1) is 10.6. The summed E-state index contributed by atoms with van der Waals surface area (Å²) in [7, 11) is 1.91. The molecule has 1 heterocycles. The monoisotopic (exact) mass is 303 g/mol. The number of nitrogens with zero attached hydrogens (tertiary/aromatic N) is 3. The van der Waals surface area contributed by atoms with Crippen LogP contribution >= 0.6 is 0 Å². The molecule has 0 aliphatic carbocycles. The molecule has 0 atom stereocenters. The van der Waals surface area contributed by atoms with Crippen molar-refractivity contribution < 1.29 is 5.11 Å². The minimum Gasteiger partial charge on any atom is -0.395 e. The number of para-hydroxylation sites is 1. The Balaban J connectivity index is 2.40. The van der Waals surface area contributed by atoms with Gasteiger partial charge in [-0.05, 0) is 32.0 Å². The molecule has 1 aromatic heterocycles. The van der Waals surface area contributed by atoms with Crippen LogP contribution in [0.1, 0.15) is 24.6 Å². The van der Waals surface area contributed by atoms with Gasteiger partial charge in [-0.1, -0.05) is 25.1 Å². The molecule has 22 heavy (non-hydrogen) atoms. The van der Waals surface area contributed by atoms with E-state index in [0.29, 0.717) is 13.1 Å². The fourth-order valence-electron chi connectivity index (χ4n) is 2.76. The molecule has 0 unspecified atom stereocenters. The van der Waals surface area contributed by atoms with Crippen molar-refractivity contribution in [1.82, 2.24) is 14.3 Å². The number of hydrogen-bond donors (Lipinski definition) is 1. The van der Waals surface area contributed by atoms with Gasteiger partial charge in [0.15, 0.2) is 0 Å². The maximum atomic E-state index is 12.8. The van der Waals surface area contributed by atoms with Crippen LogP contribution < -0.4 is 5.56 Å². The summed E-state index contributed by atoms with van der Waals surface area (Å²) in [4.78, 5) is 14.9. The van der Waals surface area contributed by atoms with Gasteiger partial charge in [-0.2, -0.15) is 0 Å². The molecule has 0 radical (unpaired) electrons. The van der Waals surface area contributed by atoms with E-state index >= 15 is 0 Å². The SMILES string of the molecule is CCCN(CCO)Cc1c(C)n(C)n(-c2ccccc2)c1=O. The van der Waals surface area contributed by atoms with Gasteiger partial charge < -0.3 is 5.11 Å². The Morgan fingerprint density at radius 1 is 1.18 bits per heavy atom. The van der Waals surface area contributed by atoms with Crippen molar-refractivity contribution in [2.75, 3.05) is 19.7 Å². The third kappa shape index (κ3) is 3.31. The summed E-state index contributed by atoms with van der Waals surface area (Å²) >= 11 is 0. The van der Waals surface area contributed by atoms with Gasteiger partial charge in [-0.3, -0.25) is 14.4 Å². The third-order valence-corrected chi connectivity index (χ3v) is 4.01. The Hall–Kier alpha value is -1.85. The highest BCUT2D eigenvalue weighted by Crippen LogP contribution is 2.12. The molecule has 2 aromatic rings. The summed E-state index contributed by atoms with van der Waals surface area (Å²) in [6.07, 6.45) is 0.999. The van der Waals surface area contributed by atoms with Crippen LogP contribution in [0.15, 0.2) is 35.1 Å². The number of rotatable bonds is 7. The van der Waals surface area contributed by atoms with Crippen LogP contribution in [-0.4, -0.2) is 39.1 Å². The Morgan fingerprint density at radius 3 is 2.45 bits per heavy atom. The molecule has 0 spiro atoms. The van der Waals surface area contributed by atoms with E-state index in [-0.39, 0.29) is 12.2 Å². The van der Waals surface area contributed by atoms with Crippen LogP contribution in [0, 0.1) is 6.92 Å². The molecule has 2 rings (SSSR count). The van der Waals surface area contributed by atoms with Gasteiger partial charge in [0.05, 0.1) is 17.9 Å². The first-order valence-corrected chi connectivity index (χ1v) is 7.76. The first-order valence-electron chi connectivity index (χ1n) is 7.76. The Morgan fingerprint density at radius 2 is 1.86 bits per heavy atom. The van der Waals surface area contributed by atoms with Gasteiger partial charge in [0, 0.05) is 25.8 Å². The van der Waals surface area contributed by atoms with E-state index < -0.39 is 0 Å².